The summed E-state index contributed by atoms with van der Waals surface area (Å²) in [6.45, 7) is 1.69. The zero-order valence-electron chi connectivity index (χ0n) is 19.7. The molecule has 2 fully saturated rings. The molecule has 2 aliphatic rings. The number of hydrogen-bond acceptors (Lipinski definition) is 5. The highest BCUT2D eigenvalue weighted by atomic mass is 19.4. The van der Waals surface area contributed by atoms with Crippen molar-refractivity contribution in [1.29, 1.82) is 0 Å². The molecule has 0 radical (unpaired) electrons. The molecule has 4 rings (SSSR count). The van der Waals surface area contributed by atoms with E-state index < -0.39 is 59.0 Å². The Hall–Kier alpha value is -3.93. The number of amides is 4. The molecule has 196 valence electrons. The van der Waals surface area contributed by atoms with Gasteiger partial charge in [-0.05, 0) is 49.1 Å². The molecular formula is C25H25F3N4O5. The normalized spacial score (nSPS) is 25.3. The first-order valence-electron chi connectivity index (χ1n) is 11.5. The Bertz CT molecular complexity index is 1270. The van der Waals surface area contributed by atoms with Crippen LogP contribution in [-0.2, 0) is 20.6 Å². The van der Waals surface area contributed by atoms with E-state index in [0.717, 1.165) is 17.0 Å². The van der Waals surface area contributed by atoms with E-state index in [2.05, 4.69) is 10.6 Å². The number of halogens is 3. The fourth-order valence-electron chi connectivity index (χ4n) is 5.36. The van der Waals surface area contributed by atoms with Crippen LogP contribution in [0.15, 0.2) is 48.5 Å². The van der Waals surface area contributed by atoms with E-state index in [1.54, 1.807) is 31.2 Å². The molecule has 0 aromatic heterocycles. The van der Waals surface area contributed by atoms with Gasteiger partial charge in [0, 0.05) is 12.6 Å². The van der Waals surface area contributed by atoms with Gasteiger partial charge in [-0.3, -0.25) is 19.7 Å². The molecule has 4 atom stereocenters. The molecule has 2 aromatic carbocycles. The second kappa shape index (κ2) is 9.51. The van der Waals surface area contributed by atoms with Crippen molar-refractivity contribution >= 4 is 29.5 Å². The summed E-state index contributed by atoms with van der Waals surface area (Å²) in [5, 5.41) is 15.5. The number of nitrogens with zero attached hydrogens (tertiary/aromatic N) is 1. The molecule has 2 aliphatic heterocycles. The quantitative estimate of drug-likeness (QED) is 0.328. The number of nitrogens with one attached hydrogen (secondary N) is 2. The summed E-state index contributed by atoms with van der Waals surface area (Å²) in [5.74, 6) is -5.54. The molecule has 0 spiro atoms. The number of carboxylic acid groups (broad SMARTS) is 1. The van der Waals surface area contributed by atoms with Crippen molar-refractivity contribution in [2.75, 3.05) is 11.4 Å². The summed E-state index contributed by atoms with van der Waals surface area (Å²) >= 11 is 0. The molecule has 4 unspecified atom stereocenters. The molecule has 37 heavy (non-hydrogen) atoms. The number of fused-ring (bicyclic) bond motifs is 1. The first-order valence-corrected chi connectivity index (χ1v) is 11.5. The van der Waals surface area contributed by atoms with Gasteiger partial charge in [-0.2, -0.15) is 13.2 Å². The molecular weight excluding hydrogens is 493 g/mol. The zero-order valence-corrected chi connectivity index (χ0v) is 19.7. The van der Waals surface area contributed by atoms with Gasteiger partial charge in [0.05, 0.1) is 23.1 Å². The number of nitrogens with two attached hydrogens (primary N) is 1. The number of rotatable bonds is 7. The number of anilines is 1. The molecule has 2 saturated heterocycles. The lowest BCUT2D eigenvalue weighted by Crippen LogP contribution is -2.56. The van der Waals surface area contributed by atoms with Crippen molar-refractivity contribution in [3.63, 3.8) is 0 Å². The standard InChI is InChI=1S/C25H25F3N4O5/c1-13-6-2-3-9-16(13)32-20(33)17-18(21(32)34)24(22(35)36,10-5-11-30-23(29)37)31-19(17)14-7-4-8-15(12-14)25(26,27)28/h2-4,6-9,12,17-19,31H,5,10-11H2,1H3,(H,35,36)(H3,29,30,37). The number of imide groups is 1. The van der Waals surface area contributed by atoms with Gasteiger partial charge in [-0.15, -0.1) is 0 Å². The van der Waals surface area contributed by atoms with Crippen LogP contribution in [0.25, 0.3) is 0 Å². The van der Waals surface area contributed by atoms with Gasteiger partial charge < -0.3 is 16.2 Å². The number of carbonyl (C=O) groups is 4. The monoisotopic (exact) mass is 518 g/mol. The molecule has 2 heterocycles. The van der Waals surface area contributed by atoms with Crippen LogP contribution in [0.1, 0.15) is 35.6 Å². The Morgan fingerprint density at radius 2 is 1.84 bits per heavy atom. The highest BCUT2D eigenvalue weighted by Gasteiger charge is 2.68. The SMILES string of the molecule is Cc1ccccc1N1C(=O)C2C(c3cccc(C(F)(F)F)c3)NC(CCCNC(N)=O)(C(=O)O)C2C1=O. The number of urea groups is 1. The maximum absolute atomic E-state index is 13.7. The lowest BCUT2D eigenvalue weighted by Gasteiger charge is -2.31. The van der Waals surface area contributed by atoms with E-state index in [0.29, 0.717) is 5.56 Å². The van der Waals surface area contributed by atoms with Crippen LogP contribution in [0.2, 0.25) is 0 Å². The van der Waals surface area contributed by atoms with Gasteiger partial charge in [0.2, 0.25) is 11.8 Å². The van der Waals surface area contributed by atoms with Crippen LogP contribution in [0, 0.1) is 18.8 Å². The van der Waals surface area contributed by atoms with Gasteiger partial charge >= 0.3 is 18.2 Å². The lowest BCUT2D eigenvalue weighted by molar-refractivity contribution is -0.149. The number of hydrogen-bond donors (Lipinski definition) is 4. The van der Waals surface area contributed by atoms with Crippen molar-refractivity contribution < 1.29 is 37.5 Å². The van der Waals surface area contributed by atoms with E-state index in [9.17, 15) is 37.5 Å². The molecule has 0 saturated carbocycles. The maximum Gasteiger partial charge on any atom is 0.416 e. The number of primary amides is 1. The third-order valence-electron chi connectivity index (χ3n) is 7.01. The minimum absolute atomic E-state index is 0.00129. The van der Waals surface area contributed by atoms with E-state index in [1.165, 1.54) is 12.1 Å². The largest absolute Gasteiger partial charge is 0.480 e. The number of carbonyl (C=O) groups excluding carboxylic acids is 3. The minimum Gasteiger partial charge on any atom is -0.480 e. The van der Waals surface area contributed by atoms with Crippen molar-refractivity contribution in [2.24, 2.45) is 17.6 Å². The maximum atomic E-state index is 13.7. The molecule has 9 nitrogen and oxygen atoms in total. The van der Waals surface area contributed by atoms with Gasteiger partial charge in [0.15, 0.2) is 0 Å². The van der Waals surface area contributed by atoms with E-state index in [-0.39, 0.29) is 30.6 Å². The summed E-state index contributed by atoms with van der Waals surface area (Å²) in [6, 6.07) is 8.85. The third-order valence-corrected chi connectivity index (χ3v) is 7.01. The average molecular weight is 518 g/mol. The Morgan fingerprint density at radius 1 is 1.14 bits per heavy atom. The Balaban J connectivity index is 1.82. The van der Waals surface area contributed by atoms with Gasteiger partial charge in [0.25, 0.3) is 0 Å². The zero-order chi connectivity index (χ0) is 27.1. The number of aliphatic carboxylic acids is 1. The molecule has 12 heteroatoms. The fraction of sp³-hybridized carbons (Fsp3) is 0.360. The first kappa shape index (κ1) is 26.1. The molecule has 5 N–H and O–H groups in total. The van der Waals surface area contributed by atoms with E-state index >= 15 is 0 Å². The summed E-state index contributed by atoms with van der Waals surface area (Å²) < 4.78 is 40.4. The minimum atomic E-state index is -4.67. The van der Waals surface area contributed by atoms with E-state index in [4.69, 9.17) is 5.73 Å². The first-order chi connectivity index (χ1) is 17.4. The number of carboxylic acids is 1. The smallest absolute Gasteiger partial charge is 0.416 e. The molecule has 0 aliphatic carbocycles. The van der Waals surface area contributed by atoms with Gasteiger partial charge in [0.1, 0.15) is 5.54 Å². The average Bonchev–Trinajstić information content (AvgIpc) is 3.31. The highest BCUT2D eigenvalue weighted by molar-refractivity contribution is 6.24. The number of benzene rings is 2. The van der Waals surface area contributed by atoms with Crippen molar-refractivity contribution in [1.82, 2.24) is 10.6 Å². The molecule has 0 bridgehead atoms. The Morgan fingerprint density at radius 3 is 2.46 bits per heavy atom. The second-order valence-electron chi connectivity index (χ2n) is 9.22. The van der Waals surface area contributed by atoms with Crippen LogP contribution in [0.3, 0.4) is 0 Å². The van der Waals surface area contributed by atoms with Crippen LogP contribution in [0.4, 0.5) is 23.7 Å². The summed E-state index contributed by atoms with van der Waals surface area (Å²) in [4.78, 5) is 52.2. The van der Waals surface area contributed by atoms with Crippen LogP contribution in [0.5, 0.6) is 0 Å². The second-order valence-corrected chi connectivity index (χ2v) is 9.22. The molecule has 2 aromatic rings. The molecule has 4 amide bonds. The van der Waals surface area contributed by atoms with Gasteiger partial charge in [-0.1, -0.05) is 30.3 Å². The Kier molecular flexibility index (Phi) is 6.72. The number of alkyl halides is 3. The van der Waals surface area contributed by atoms with Crippen molar-refractivity contribution in [3.05, 3.63) is 65.2 Å². The van der Waals surface area contributed by atoms with Crippen molar-refractivity contribution in [2.45, 2.75) is 37.5 Å². The third kappa shape index (κ3) is 4.52. The van der Waals surface area contributed by atoms with Crippen LogP contribution >= 0.6 is 0 Å². The summed E-state index contributed by atoms with van der Waals surface area (Å²) in [6.07, 6.45) is -4.78. The van der Waals surface area contributed by atoms with Gasteiger partial charge in [-0.25, -0.2) is 9.69 Å². The Labute approximate surface area is 209 Å². The fourth-order valence-corrected chi connectivity index (χ4v) is 5.36. The predicted octanol–water partition coefficient (Wildman–Crippen LogP) is 2.74. The summed E-state index contributed by atoms with van der Waals surface area (Å²) in [7, 11) is 0. The predicted molar refractivity (Wildman–Crippen MR) is 125 cm³/mol. The number of aryl methyl sites for hydroxylation is 1. The highest BCUT2D eigenvalue weighted by Crippen LogP contribution is 2.52. The topological polar surface area (TPSA) is 142 Å². The van der Waals surface area contributed by atoms with E-state index in [1.807, 2.05) is 0 Å². The van der Waals surface area contributed by atoms with Crippen LogP contribution < -0.4 is 21.3 Å². The van der Waals surface area contributed by atoms with Crippen LogP contribution in [-0.4, -0.2) is 41.0 Å². The summed E-state index contributed by atoms with van der Waals surface area (Å²) in [5.41, 5.74) is 3.04. The van der Waals surface area contributed by atoms with Crippen molar-refractivity contribution in [3.8, 4) is 0 Å². The lowest BCUT2D eigenvalue weighted by atomic mass is 9.77. The number of para-hydroxylation sites is 1.